The van der Waals surface area contributed by atoms with Crippen LogP contribution in [0.2, 0.25) is 0 Å². The van der Waals surface area contributed by atoms with Gasteiger partial charge in [0.05, 0.1) is 0 Å². The van der Waals surface area contributed by atoms with Gasteiger partial charge in [-0.2, -0.15) is 0 Å². The minimum absolute atomic E-state index is 0.218. The van der Waals surface area contributed by atoms with E-state index in [2.05, 4.69) is 46.9 Å². The third-order valence-corrected chi connectivity index (χ3v) is 4.69. The molecule has 2 aromatic rings. The number of amides is 1. The highest BCUT2D eigenvalue weighted by molar-refractivity contribution is 5.92. The van der Waals surface area contributed by atoms with Crippen LogP contribution in [0.3, 0.4) is 0 Å². The Balaban J connectivity index is 2.29. The average molecular weight is 414 g/mol. The first-order valence-corrected chi connectivity index (χ1v) is 9.87. The SMILES string of the molecule is CC(C)(C)c1cc(-c2ccc(NC(=O)COCC(=O)O)cc2)cc(C(C)(C)C)c1O. The van der Waals surface area contributed by atoms with Crippen molar-refractivity contribution in [3.63, 3.8) is 0 Å². The fourth-order valence-corrected chi connectivity index (χ4v) is 3.12. The second-order valence-electron chi connectivity index (χ2n) is 9.43. The van der Waals surface area contributed by atoms with Crippen LogP contribution in [0.4, 0.5) is 5.69 Å². The van der Waals surface area contributed by atoms with Gasteiger partial charge in [-0.1, -0.05) is 53.7 Å². The fraction of sp³-hybridized carbons (Fsp3) is 0.417. The van der Waals surface area contributed by atoms with Gasteiger partial charge < -0.3 is 20.3 Å². The lowest BCUT2D eigenvalue weighted by Gasteiger charge is -2.28. The van der Waals surface area contributed by atoms with Gasteiger partial charge in [-0.25, -0.2) is 4.79 Å². The predicted octanol–water partition coefficient (Wildman–Crippen LogP) is 4.69. The normalized spacial score (nSPS) is 11.9. The van der Waals surface area contributed by atoms with Crippen LogP contribution in [-0.2, 0) is 25.2 Å². The molecule has 0 bridgehead atoms. The van der Waals surface area contributed by atoms with Crippen LogP contribution in [-0.4, -0.2) is 35.3 Å². The lowest BCUT2D eigenvalue weighted by atomic mass is 9.78. The van der Waals surface area contributed by atoms with E-state index < -0.39 is 18.5 Å². The number of hydrogen-bond acceptors (Lipinski definition) is 4. The Morgan fingerprint density at radius 2 is 1.37 bits per heavy atom. The maximum absolute atomic E-state index is 11.8. The number of carbonyl (C=O) groups excluding carboxylic acids is 1. The second kappa shape index (κ2) is 8.88. The van der Waals surface area contributed by atoms with E-state index in [1.54, 1.807) is 12.1 Å². The van der Waals surface area contributed by atoms with Crippen molar-refractivity contribution in [2.24, 2.45) is 0 Å². The molecule has 6 nitrogen and oxygen atoms in total. The zero-order valence-electron chi connectivity index (χ0n) is 18.5. The molecule has 2 aromatic carbocycles. The van der Waals surface area contributed by atoms with Crippen molar-refractivity contribution in [3.05, 3.63) is 47.5 Å². The number of phenols is 1. The van der Waals surface area contributed by atoms with E-state index >= 15 is 0 Å². The van der Waals surface area contributed by atoms with E-state index in [-0.39, 0.29) is 17.4 Å². The molecule has 2 rings (SSSR count). The van der Waals surface area contributed by atoms with Gasteiger partial charge in [0.2, 0.25) is 5.91 Å². The van der Waals surface area contributed by atoms with Crippen LogP contribution in [0.25, 0.3) is 11.1 Å². The van der Waals surface area contributed by atoms with Crippen LogP contribution in [0.5, 0.6) is 5.75 Å². The van der Waals surface area contributed by atoms with Crippen LogP contribution in [0.15, 0.2) is 36.4 Å². The highest BCUT2D eigenvalue weighted by atomic mass is 16.5. The third kappa shape index (κ3) is 6.07. The topological polar surface area (TPSA) is 95.9 Å². The minimum Gasteiger partial charge on any atom is -0.507 e. The molecule has 6 heteroatoms. The van der Waals surface area contributed by atoms with Crippen molar-refractivity contribution < 1.29 is 24.5 Å². The summed E-state index contributed by atoms with van der Waals surface area (Å²) in [4.78, 5) is 22.3. The summed E-state index contributed by atoms with van der Waals surface area (Å²) in [6.07, 6.45) is 0. The summed E-state index contributed by atoms with van der Waals surface area (Å²) < 4.78 is 4.79. The van der Waals surface area contributed by atoms with Crippen LogP contribution >= 0.6 is 0 Å². The van der Waals surface area contributed by atoms with Gasteiger partial charge in [-0.05, 0) is 46.2 Å². The van der Waals surface area contributed by atoms with E-state index in [1.165, 1.54) is 0 Å². The molecule has 0 fully saturated rings. The summed E-state index contributed by atoms with van der Waals surface area (Å²) in [5, 5.41) is 22.1. The largest absolute Gasteiger partial charge is 0.507 e. The van der Waals surface area contributed by atoms with Crippen molar-refractivity contribution in [3.8, 4) is 16.9 Å². The Labute approximate surface area is 177 Å². The zero-order valence-corrected chi connectivity index (χ0v) is 18.5. The molecule has 1 amide bonds. The third-order valence-electron chi connectivity index (χ3n) is 4.69. The summed E-state index contributed by atoms with van der Waals surface area (Å²) in [7, 11) is 0. The summed E-state index contributed by atoms with van der Waals surface area (Å²) in [5.74, 6) is -1.20. The summed E-state index contributed by atoms with van der Waals surface area (Å²) in [6.45, 7) is 11.6. The molecule has 0 spiro atoms. The van der Waals surface area contributed by atoms with Gasteiger partial charge in [-0.3, -0.25) is 4.79 Å². The molecule has 0 heterocycles. The maximum atomic E-state index is 11.8. The first kappa shape index (κ1) is 23.4. The van der Waals surface area contributed by atoms with Crippen molar-refractivity contribution in [1.82, 2.24) is 0 Å². The molecular formula is C24H31NO5. The van der Waals surface area contributed by atoms with Gasteiger partial charge in [0, 0.05) is 16.8 Å². The number of benzene rings is 2. The molecule has 0 aliphatic heterocycles. The van der Waals surface area contributed by atoms with Crippen molar-refractivity contribution in [2.75, 3.05) is 18.5 Å². The number of aromatic hydroxyl groups is 1. The van der Waals surface area contributed by atoms with Crippen molar-refractivity contribution >= 4 is 17.6 Å². The van der Waals surface area contributed by atoms with Crippen LogP contribution in [0, 0.1) is 0 Å². The number of carbonyl (C=O) groups is 2. The molecule has 0 unspecified atom stereocenters. The summed E-state index contributed by atoms with van der Waals surface area (Å²) >= 11 is 0. The Hall–Kier alpha value is -2.86. The van der Waals surface area contributed by atoms with Gasteiger partial charge in [0.25, 0.3) is 0 Å². The molecule has 0 aromatic heterocycles. The fourth-order valence-electron chi connectivity index (χ4n) is 3.12. The molecule has 0 saturated heterocycles. The average Bonchev–Trinajstić information content (AvgIpc) is 2.60. The number of anilines is 1. The zero-order chi connectivity index (χ0) is 22.7. The Morgan fingerprint density at radius 3 is 1.80 bits per heavy atom. The molecular weight excluding hydrogens is 382 g/mol. The van der Waals surface area contributed by atoms with Gasteiger partial charge in [0.15, 0.2) is 0 Å². The number of ether oxygens (including phenoxy) is 1. The number of hydrogen-bond donors (Lipinski definition) is 3. The molecule has 0 saturated carbocycles. The van der Waals surface area contributed by atoms with Crippen molar-refractivity contribution in [2.45, 2.75) is 52.4 Å². The smallest absolute Gasteiger partial charge is 0.329 e. The van der Waals surface area contributed by atoms with Gasteiger partial charge >= 0.3 is 5.97 Å². The lowest BCUT2D eigenvalue weighted by Crippen LogP contribution is -2.20. The lowest BCUT2D eigenvalue weighted by molar-refractivity contribution is -0.143. The minimum atomic E-state index is -1.12. The van der Waals surface area contributed by atoms with E-state index in [9.17, 15) is 14.7 Å². The monoisotopic (exact) mass is 413 g/mol. The van der Waals surface area contributed by atoms with Gasteiger partial charge in [-0.15, -0.1) is 0 Å². The summed E-state index contributed by atoms with van der Waals surface area (Å²) in [5.41, 5.74) is 3.88. The number of rotatable bonds is 6. The molecule has 0 aliphatic carbocycles. The Morgan fingerprint density at radius 1 is 0.867 bits per heavy atom. The molecule has 0 aliphatic rings. The quantitative estimate of drug-likeness (QED) is 0.638. The number of phenolic OH excluding ortho intramolecular Hbond substituents is 1. The van der Waals surface area contributed by atoms with E-state index in [1.807, 2.05) is 24.3 Å². The van der Waals surface area contributed by atoms with Crippen LogP contribution in [0.1, 0.15) is 52.7 Å². The molecule has 0 atom stereocenters. The number of aliphatic carboxylic acids is 1. The van der Waals surface area contributed by atoms with Crippen LogP contribution < -0.4 is 5.32 Å². The van der Waals surface area contributed by atoms with E-state index in [0.29, 0.717) is 11.4 Å². The molecule has 0 radical (unpaired) electrons. The number of carboxylic acids is 1. The maximum Gasteiger partial charge on any atom is 0.329 e. The number of carboxylic acid groups (broad SMARTS) is 1. The van der Waals surface area contributed by atoms with E-state index in [0.717, 1.165) is 22.3 Å². The first-order chi connectivity index (χ1) is 13.8. The standard InChI is InChI=1S/C24H31NO5/c1-23(2,3)18-11-16(12-19(22(18)29)24(4,5)6)15-7-9-17(10-8-15)25-20(26)13-30-14-21(27)28/h7-12,29H,13-14H2,1-6H3,(H,25,26)(H,27,28). The highest BCUT2D eigenvalue weighted by Crippen LogP contribution is 2.42. The first-order valence-electron chi connectivity index (χ1n) is 9.87. The van der Waals surface area contributed by atoms with E-state index in [4.69, 9.17) is 9.84 Å². The second-order valence-corrected chi connectivity index (χ2v) is 9.43. The molecule has 162 valence electrons. The highest BCUT2D eigenvalue weighted by Gasteiger charge is 2.26. The molecule has 30 heavy (non-hydrogen) atoms. The number of nitrogens with one attached hydrogen (secondary N) is 1. The summed E-state index contributed by atoms with van der Waals surface area (Å²) in [6, 6.07) is 11.4. The Kier molecular flexibility index (Phi) is 6.93. The predicted molar refractivity (Wildman–Crippen MR) is 118 cm³/mol. The van der Waals surface area contributed by atoms with Gasteiger partial charge in [0.1, 0.15) is 19.0 Å². The Bertz CT molecular complexity index is 883. The van der Waals surface area contributed by atoms with Crippen molar-refractivity contribution in [1.29, 1.82) is 0 Å². The molecule has 3 N–H and O–H groups in total.